The molecular weight excluding hydrogens is 307 g/mol. The summed E-state index contributed by atoms with van der Waals surface area (Å²) < 4.78 is 14.9. The quantitative estimate of drug-likeness (QED) is 0.824. The SMILES string of the molecule is C=C/C=C\C=C(/C)Cn1nc(NC(=O)c2cncc(F)c2)cc1C. The number of hydrogen-bond donors (Lipinski definition) is 1. The lowest BCUT2D eigenvalue weighted by atomic mass is 10.2. The maximum Gasteiger partial charge on any atom is 0.258 e. The Morgan fingerprint density at radius 3 is 2.88 bits per heavy atom. The van der Waals surface area contributed by atoms with Gasteiger partial charge in [-0.25, -0.2) is 4.39 Å². The molecule has 0 fully saturated rings. The van der Waals surface area contributed by atoms with E-state index in [1.165, 1.54) is 6.20 Å². The van der Waals surface area contributed by atoms with Gasteiger partial charge in [-0.2, -0.15) is 5.10 Å². The monoisotopic (exact) mass is 326 g/mol. The van der Waals surface area contributed by atoms with Crippen LogP contribution in [0.4, 0.5) is 10.2 Å². The number of aromatic nitrogens is 3. The van der Waals surface area contributed by atoms with E-state index in [1.54, 1.807) is 16.8 Å². The van der Waals surface area contributed by atoms with E-state index >= 15 is 0 Å². The molecule has 0 bridgehead atoms. The molecule has 0 atom stereocenters. The summed E-state index contributed by atoms with van der Waals surface area (Å²) in [6.07, 6.45) is 9.78. The Morgan fingerprint density at radius 1 is 1.38 bits per heavy atom. The van der Waals surface area contributed by atoms with Gasteiger partial charge in [0.25, 0.3) is 5.91 Å². The molecule has 1 N–H and O–H groups in total. The van der Waals surface area contributed by atoms with E-state index in [9.17, 15) is 9.18 Å². The number of pyridine rings is 1. The van der Waals surface area contributed by atoms with Gasteiger partial charge in [0.15, 0.2) is 5.82 Å². The number of carbonyl (C=O) groups is 1. The van der Waals surface area contributed by atoms with Gasteiger partial charge in [0.2, 0.25) is 0 Å². The van der Waals surface area contributed by atoms with E-state index in [0.717, 1.165) is 23.5 Å². The molecular formula is C18H19FN4O. The average Bonchev–Trinajstić information content (AvgIpc) is 2.87. The number of allylic oxidation sites excluding steroid dienone is 5. The van der Waals surface area contributed by atoms with Gasteiger partial charge in [-0.05, 0) is 19.9 Å². The minimum atomic E-state index is -0.558. The average molecular weight is 326 g/mol. The Balaban J connectivity index is 2.08. The standard InChI is InChI=1S/C18H19FN4O/c1-4-5-6-7-13(2)12-23-14(3)8-17(22-23)21-18(24)15-9-16(19)11-20-10-15/h4-11H,1,12H2,2-3H3,(H,21,22,24)/b6-5-,13-7+. The van der Waals surface area contributed by atoms with Crippen LogP contribution in [0.1, 0.15) is 23.0 Å². The predicted octanol–water partition coefficient (Wildman–Crippen LogP) is 3.67. The van der Waals surface area contributed by atoms with Gasteiger partial charge in [0.05, 0.1) is 18.3 Å². The molecule has 0 saturated carbocycles. The van der Waals surface area contributed by atoms with Gasteiger partial charge in [0, 0.05) is 18.0 Å². The topological polar surface area (TPSA) is 59.8 Å². The van der Waals surface area contributed by atoms with Crippen LogP contribution in [0.3, 0.4) is 0 Å². The van der Waals surface area contributed by atoms with E-state index < -0.39 is 11.7 Å². The zero-order chi connectivity index (χ0) is 17.5. The van der Waals surface area contributed by atoms with Crippen molar-refractivity contribution in [3.63, 3.8) is 0 Å². The molecule has 0 aromatic carbocycles. The highest BCUT2D eigenvalue weighted by Gasteiger charge is 2.11. The Bertz CT molecular complexity index is 805. The second kappa shape index (κ2) is 8.01. The Morgan fingerprint density at radius 2 is 2.17 bits per heavy atom. The Hall–Kier alpha value is -3.02. The van der Waals surface area contributed by atoms with Crippen molar-refractivity contribution < 1.29 is 9.18 Å². The van der Waals surface area contributed by atoms with E-state index in [2.05, 4.69) is 22.0 Å². The Kier molecular flexibility index (Phi) is 5.78. The van der Waals surface area contributed by atoms with Crippen molar-refractivity contribution in [1.82, 2.24) is 14.8 Å². The van der Waals surface area contributed by atoms with E-state index in [4.69, 9.17) is 0 Å². The number of hydrogen-bond acceptors (Lipinski definition) is 3. The van der Waals surface area contributed by atoms with Crippen LogP contribution in [-0.2, 0) is 6.54 Å². The summed E-state index contributed by atoms with van der Waals surface area (Å²) in [5.74, 6) is -0.596. The fourth-order valence-electron chi connectivity index (χ4n) is 2.04. The fraction of sp³-hybridized carbons (Fsp3) is 0.167. The minimum absolute atomic E-state index is 0.146. The van der Waals surface area contributed by atoms with Crippen LogP contribution in [0.15, 0.2) is 61.0 Å². The third-order valence-corrected chi connectivity index (χ3v) is 3.22. The number of rotatable bonds is 6. The molecule has 24 heavy (non-hydrogen) atoms. The van der Waals surface area contributed by atoms with Gasteiger partial charge >= 0.3 is 0 Å². The maximum absolute atomic E-state index is 13.1. The van der Waals surface area contributed by atoms with Gasteiger partial charge in [-0.1, -0.05) is 36.5 Å². The predicted molar refractivity (Wildman–Crippen MR) is 92.2 cm³/mol. The normalized spacial score (nSPS) is 11.7. The van der Waals surface area contributed by atoms with Gasteiger partial charge in [-0.3, -0.25) is 14.5 Å². The number of nitrogens with zero attached hydrogens (tertiary/aromatic N) is 3. The smallest absolute Gasteiger partial charge is 0.258 e. The largest absolute Gasteiger partial charge is 0.305 e. The zero-order valence-electron chi connectivity index (χ0n) is 13.7. The van der Waals surface area contributed by atoms with E-state index in [1.807, 2.05) is 32.1 Å². The minimum Gasteiger partial charge on any atom is -0.305 e. The van der Waals surface area contributed by atoms with Crippen molar-refractivity contribution >= 4 is 11.7 Å². The number of anilines is 1. The van der Waals surface area contributed by atoms with Crippen LogP contribution in [0.5, 0.6) is 0 Å². The number of aryl methyl sites for hydroxylation is 1. The molecule has 0 aliphatic rings. The maximum atomic E-state index is 13.1. The van der Waals surface area contributed by atoms with Crippen molar-refractivity contribution in [3.8, 4) is 0 Å². The molecule has 0 saturated heterocycles. The lowest BCUT2D eigenvalue weighted by molar-refractivity contribution is 0.102. The van der Waals surface area contributed by atoms with E-state index in [-0.39, 0.29) is 5.56 Å². The molecule has 2 rings (SSSR count). The highest BCUT2D eigenvalue weighted by Crippen LogP contribution is 2.12. The van der Waals surface area contributed by atoms with Crippen LogP contribution in [0.2, 0.25) is 0 Å². The molecule has 0 spiro atoms. The van der Waals surface area contributed by atoms with Crippen LogP contribution < -0.4 is 5.32 Å². The lowest BCUT2D eigenvalue weighted by Crippen LogP contribution is -2.13. The summed E-state index contributed by atoms with van der Waals surface area (Å²) in [4.78, 5) is 15.7. The molecule has 1 amide bonds. The first-order valence-electron chi connectivity index (χ1n) is 7.41. The third-order valence-electron chi connectivity index (χ3n) is 3.22. The molecule has 6 heteroatoms. The summed E-state index contributed by atoms with van der Waals surface area (Å²) in [6, 6.07) is 2.89. The molecule has 0 aliphatic heterocycles. The molecule has 0 aliphatic carbocycles. The molecule has 2 aromatic heterocycles. The summed E-state index contributed by atoms with van der Waals surface area (Å²) in [5.41, 5.74) is 2.16. The van der Waals surface area contributed by atoms with Crippen LogP contribution in [0.25, 0.3) is 0 Å². The summed E-state index contributed by atoms with van der Waals surface area (Å²) in [5, 5.41) is 7.00. The van der Waals surface area contributed by atoms with Crippen molar-refractivity contribution in [2.45, 2.75) is 20.4 Å². The lowest BCUT2D eigenvalue weighted by Gasteiger charge is -2.04. The summed E-state index contributed by atoms with van der Waals surface area (Å²) >= 11 is 0. The summed E-state index contributed by atoms with van der Waals surface area (Å²) in [7, 11) is 0. The number of amides is 1. The first-order valence-corrected chi connectivity index (χ1v) is 7.41. The highest BCUT2D eigenvalue weighted by molar-refractivity contribution is 6.03. The van der Waals surface area contributed by atoms with E-state index in [0.29, 0.717) is 12.4 Å². The van der Waals surface area contributed by atoms with Crippen molar-refractivity contribution in [2.75, 3.05) is 5.32 Å². The zero-order valence-corrected chi connectivity index (χ0v) is 13.7. The second-order valence-corrected chi connectivity index (χ2v) is 5.31. The molecule has 2 aromatic rings. The first kappa shape index (κ1) is 17.3. The number of nitrogens with one attached hydrogen (secondary N) is 1. The van der Waals surface area contributed by atoms with Crippen molar-refractivity contribution in [3.05, 3.63) is 78.1 Å². The van der Waals surface area contributed by atoms with Gasteiger partial charge in [0.1, 0.15) is 5.82 Å². The second-order valence-electron chi connectivity index (χ2n) is 5.31. The fourth-order valence-corrected chi connectivity index (χ4v) is 2.04. The van der Waals surface area contributed by atoms with Gasteiger partial charge in [-0.15, -0.1) is 0 Å². The first-order chi connectivity index (χ1) is 11.5. The number of carbonyl (C=O) groups excluding carboxylic acids is 1. The number of halogens is 1. The molecule has 0 unspecified atom stereocenters. The highest BCUT2D eigenvalue weighted by atomic mass is 19.1. The third kappa shape index (κ3) is 4.74. The molecule has 5 nitrogen and oxygen atoms in total. The Labute approximate surface area is 140 Å². The van der Waals surface area contributed by atoms with Gasteiger partial charge < -0.3 is 5.32 Å². The van der Waals surface area contributed by atoms with Crippen LogP contribution >= 0.6 is 0 Å². The molecule has 124 valence electrons. The molecule has 0 radical (unpaired) electrons. The van der Waals surface area contributed by atoms with Crippen LogP contribution in [0, 0.1) is 12.7 Å². The van der Waals surface area contributed by atoms with Crippen LogP contribution in [-0.4, -0.2) is 20.7 Å². The molecule has 2 heterocycles. The van der Waals surface area contributed by atoms with Crippen molar-refractivity contribution in [1.29, 1.82) is 0 Å². The summed E-state index contributed by atoms with van der Waals surface area (Å²) in [6.45, 7) is 8.11. The van der Waals surface area contributed by atoms with Crippen molar-refractivity contribution in [2.24, 2.45) is 0 Å².